The van der Waals surface area contributed by atoms with Gasteiger partial charge in [0.15, 0.2) is 5.69 Å². The first-order valence-electron chi connectivity index (χ1n) is 10.9. The lowest BCUT2D eigenvalue weighted by Gasteiger charge is -2.27. The molecule has 0 saturated carbocycles. The van der Waals surface area contributed by atoms with Gasteiger partial charge in [0.05, 0.1) is 29.1 Å². The van der Waals surface area contributed by atoms with Crippen LogP contribution in [-0.2, 0) is 33.2 Å². The third-order valence-corrected chi connectivity index (χ3v) is 6.31. The molecule has 0 N–H and O–H groups in total. The maximum absolute atomic E-state index is 13.4. The molecule has 0 unspecified atom stereocenters. The Morgan fingerprint density at radius 2 is 1.79 bits per heavy atom. The summed E-state index contributed by atoms with van der Waals surface area (Å²) in [7, 11) is 3.18. The van der Waals surface area contributed by atoms with Crippen LogP contribution >= 0.6 is 0 Å². The van der Waals surface area contributed by atoms with E-state index in [1.165, 1.54) is 11.7 Å². The highest BCUT2D eigenvalue weighted by atomic mass is 19.4. The van der Waals surface area contributed by atoms with Gasteiger partial charge in [0.25, 0.3) is 5.91 Å². The molecular formula is C24H23F3N6O. The van der Waals surface area contributed by atoms with Crippen molar-refractivity contribution in [3.63, 3.8) is 0 Å². The molecule has 1 amide bonds. The van der Waals surface area contributed by atoms with Gasteiger partial charge in [0, 0.05) is 42.8 Å². The fourth-order valence-corrected chi connectivity index (χ4v) is 4.62. The van der Waals surface area contributed by atoms with Gasteiger partial charge in [-0.3, -0.25) is 19.1 Å². The fourth-order valence-electron chi connectivity index (χ4n) is 4.62. The lowest BCUT2D eigenvalue weighted by Crippen LogP contribution is -2.36. The number of carbonyl (C=O) groups excluding carboxylic acids is 1. The van der Waals surface area contributed by atoms with Crippen LogP contribution in [0.3, 0.4) is 0 Å². The van der Waals surface area contributed by atoms with Crippen LogP contribution in [0.5, 0.6) is 0 Å². The number of fused-ring (bicyclic) bond motifs is 2. The Balaban J connectivity index is 1.47. The minimum Gasteiger partial charge on any atom is -0.332 e. The summed E-state index contributed by atoms with van der Waals surface area (Å²) in [5.74, 6) is -0.0993. The highest BCUT2D eigenvalue weighted by Gasteiger charge is 2.36. The first-order chi connectivity index (χ1) is 16.0. The molecule has 176 valence electrons. The Bertz CT molecular complexity index is 1450. The zero-order chi connectivity index (χ0) is 24.4. The van der Waals surface area contributed by atoms with E-state index in [2.05, 4.69) is 15.2 Å². The van der Waals surface area contributed by atoms with Crippen molar-refractivity contribution in [2.24, 2.45) is 14.1 Å². The Labute approximate surface area is 193 Å². The number of rotatable bonds is 2. The number of carbonyl (C=O) groups is 1. The van der Waals surface area contributed by atoms with Crippen LogP contribution in [0.1, 0.15) is 38.6 Å². The van der Waals surface area contributed by atoms with Gasteiger partial charge < -0.3 is 4.90 Å². The standard InChI is InChI=1S/C24H23F3N6O/c1-13-9-18-15(6-5-14(2)28-18)10-17(13)23(34)33-8-7-16-19(12-33)29-32(4)22(16)20-11-21(24(25,26)27)30-31(20)3/h5-6,9-11H,7-8,12H2,1-4H3. The maximum atomic E-state index is 13.4. The van der Waals surface area contributed by atoms with E-state index in [4.69, 9.17) is 0 Å². The van der Waals surface area contributed by atoms with E-state index in [9.17, 15) is 18.0 Å². The second-order valence-corrected chi connectivity index (χ2v) is 8.72. The minimum atomic E-state index is -4.52. The molecule has 0 spiro atoms. The van der Waals surface area contributed by atoms with E-state index in [1.807, 2.05) is 38.1 Å². The highest BCUT2D eigenvalue weighted by molar-refractivity contribution is 5.99. The predicted octanol–water partition coefficient (Wildman–Crippen LogP) is 4.20. The van der Waals surface area contributed by atoms with Gasteiger partial charge in [-0.25, -0.2) is 0 Å². The number of alkyl halides is 3. The van der Waals surface area contributed by atoms with Crippen molar-refractivity contribution < 1.29 is 18.0 Å². The highest BCUT2D eigenvalue weighted by Crippen LogP contribution is 2.35. The molecule has 10 heteroatoms. The molecule has 1 aliphatic heterocycles. The molecule has 34 heavy (non-hydrogen) atoms. The molecule has 0 atom stereocenters. The third kappa shape index (κ3) is 3.63. The Kier molecular flexibility index (Phi) is 5.00. The van der Waals surface area contributed by atoms with Gasteiger partial charge >= 0.3 is 6.18 Å². The number of aromatic nitrogens is 5. The molecule has 0 radical (unpaired) electrons. The monoisotopic (exact) mass is 468 g/mol. The number of nitrogens with zero attached hydrogens (tertiary/aromatic N) is 6. The smallest absolute Gasteiger partial charge is 0.332 e. The third-order valence-electron chi connectivity index (χ3n) is 6.31. The van der Waals surface area contributed by atoms with Gasteiger partial charge in [-0.15, -0.1) is 0 Å². The first-order valence-corrected chi connectivity index (χ1v) is 10.9. The Morgan fingerprint density at radius 3 is 2.50 bits per heavy atom. The summed E-state index contributed by atoms with van der Waals surface area (Å²) in [5, 5.41) is 9.07. The molecule has 7 nitrogen and oxygen atoms in total. The average molecular weight is 468 g/mol. The normalized spacial score (nSPS) is 14.0. The summed E-state index contributed by atoms with van der Waals surface area (Å²) in [6.07, 6.45) is -4.03. The Hall–Kier alpha value is -3.69. The van der Waals surface area contributed by atoms with Gasteiger partial charge in [-0.1, -0.05) is 6.07 Å². The van der Waals surface area contributed by atoms with Crippen LogP contribution in [0.15, 0.2) is 30.3 Å². The zero-order valence-corrected chi connectivity index (χ0v) is 19.2. The summed E-state index contributed by atoms with van der Waals surface area (Å²) in [6.45, 7) is 4.55. The molecule has 4 heterocycles. The number of halogens is 3. The topological polar surface area (TPSA) is 68.8 Å². The molecule has 4 aromatic rings. The van der Waals surface area contributed by atoms with Crippen molar-refractivity contribution in [1.82, 2.24) is 29.4 Å². The number of benzene rings is 1. The van der Waals surface area contributed by atoms with Crippen molar-refractivity contribution in [3.8, 4) is 11.4 Å². The van der Waals surface area contributed by atoms with E-state index in [0.29, 0.717) is 35.6 Å². The van der Waals surface area contributed by atoms with Crippen LogP contribution < -0.4 is 0 Å². The van der Waals surface area contributed by atoms with E-state index in [1.54, 1.807) is 16.6 Å². The summed E-state index contributed by atoms with van der Waals surface area (Å²) < 4.78 is 42.3. The van der Waals surface area contributed by atoms with Crippen molar-refractivity contribution in [3.05, 3.63) is 64.1 Å². The maximum Gasteiger partial charge on any atom is 0.435 e. The van der Waals surface area contributed by atoms with Gasteiger partial charge in [0.2, 0.25) is 0 Å². The minimum absolute atomic E-state index is 0.0993. The molecule has 1 aromatic carbocycles. The van der Waals surface area contributed by atoms with E-state index >= 15 is 0 Å². The number of hydrogen-bond acceptors (Lipinski definition) is 4. The largest absolute Gasteiger partial charge is 0.435 e. The van der Waals surface area contributed by atoms with Gasteiger partial charge in [0.1, 0.15) is 0 Å². The van der Waals surface area contributed by atoms with Crippen LogP contribution in [0, 0.1) is 13.8 Å². The number of pyridine rings is 1. The second kappa shape index (κ2) is 7.68. The lowest BCUT2D eigenvalue weighted by atomic mass is 9.99. The SMILES string of the molecule is Cc1ccc2cc(C(=O)N3CCc4c(nn(C)c4-c4cc(C(F)(F)F)nn4C)C3)c(C)cc2n1. The second-order valence-electron chi connectivity index (χ2n) is 8.72. The summed E-state index contributed by atoms with van der Waals surface area (Å²) in [6, 6.07) is 8.70. The quantitative estimate of drug-likeness (QED) is 0.442. The lowest BCUT2D eigenvalue weighted by molar-refractivity contribution is -0.141. The van der Waals surface area contributed by atoms with Crippen LogP contribution in [0.4, 0.5) is 13.2 Å². The molecular weight excluding hydrogens is 445 g/mol. The van der Waals surface area contributed by atoms with Crippen molar-refractivity contribution in [1.29, 1.82) is 0 Å². The van der Waals surface area contributed by atoms with E-state index in [0.717, 1.165) is 33.8 Å². The molecule has 0 saturated heterocycles. The number of aryl methyl sites for hydroxylation is 4. The van der Waals surface area contributed by atoms with E-state index in [-0.39, 0.29) is 12.5 Å². The van der Waals surface area contributed by atoms with Gasteiger partial charge in [-0.2, -0.15) is 23.4 Å². The summed E-state index contributed by atoms with van der Waals surface area (Å²) in [5.41, 5.74) is 4.74. The predicted molar refractivity (Wildman–Crippen MR) is 120 cm³/mol. The van der Waals surface area contributed by atoms with Crippen molar-refractivity contribution in [2.75, 3.05) is 6.54 Å². The Morgan fingerprint density at radius 1 is 1.03 bits per heavy atom. The molecule has 0 bridgehead atoms. The molecule has 1 aliphatic rings. The van der Waals surface area contributed by atoms with E-state index < -0.39 is 11.9 Å². The molecule has 0 fully saturated rings. The zero-order valence-electron chi connectivity index (χ0n) is 19.2. The number of hydrogen-bond donors (Lipinski definition) is 0. The average Bonchev–Trinajstić information content (AvgIpc) is 3.30. The van der Waals surface area contributed by atoms with Crippen LogP contribution in [0.2, 0.25) is 0 Å². The molecule has 5 rings (SSSR count). The van der Waals surface area contributed by atoms with Crippen LogP contribution in [-0.4, -0.2) is 41.9 Å². The molecule has 3 aromatic heterocycles. The fraction of sp³-hybridized carbons (Fsp3) is 0.333. The molecule has 0 aliphatic carbocycles. The first kappa shape index (κ1) is 22.1. The van der Waals surface area contributed by atoms with Crippen LogP contribution in [0.25, 0.3) is 22.3 Å². The van der Waals surface area contributed by atoms with Crippen molar-refractivity contribution in [2.45, 2.75) is 33.0 Å². The number of amides is 1. The van der Waals surface area contributed by atoms with Gasteiger partial charge in [-0.05, 0) is 50.1 Å². The summed E-state index contributed by atoms with van der Waals surface area (Å²) in [4.78, 5) is 19.7. The summed E-state index contributed by atoms with van der Waals surface area (Å²) >= 11 is 0. The van der Waals surface area contributed by atoms with Crippen molar-refractivity contribution >= 4 is 16.8 Å².